The number of unbranched alkanes of at least 4 members (excludes halogenated alkanes) is 4. The average Bonchev–Trinajstić information content (AvgIpc) is 2.56. The van der Waals surface area contributed by atoms with Gasteiger partial charge in [0, 0.05) is 12.8 Å². The first-order chi connectivity index (χ1) is 11.6. The van der Waals surface area contributed by atoms with Crippen LogP contribution in [0, 0.1) is 17.8 Å². The van der Waals surface area contributed by atoms with Gasteiger partial charge in [0.1, 0.15) is 0 Å². The lowest BCUT2D eigenvalue weighted by Crippen LogP contribution is -2.41. The fourth-order valence-corrected chi connectivity index (χ4v) is 2.25. The summed E-state index contributed by atoms with van der Waals surface area (Å²) >= 11 is 0. The van der Waals surface area contributed by atoms with Crippen molar-refractivity contribution in [2.75, 3.05) is 13.2 Å². The quantitative estimate of drug-likeness (QED) is 0.176. The molecule has 0 aromatic carbocycles. The summed E-state index contributed by atoms with van der Waals surface area (Å²) in [6.07, 6.45) is 14.7. The highest BCUT2D eigenvalue weighted by Gasteiger charge is 2.47. The number of terminal acetylenes is 1. The second kappa shape index (κ2) is 13.5. The molecule has 0 atom stereocenters. The minimum absolute atomic E-state index is 0.0562. The molecule has 0 aliphatic rings. The molecule has 0 bridgehead atoms. The van der Waals surface area contributed by atoms with Gasteiger partial charge in [-0.2, -0.15) is 0 Å². The molecule has 0 N–H and O–H groups in total. The number of hydrogen-bond donors (Lipinski definition) is 0. The SMILES string of the molecule is C#CCC(CC=C=CCCCCCC)(C(=O)OCC)C(=O)OCC. The van der Waals surface area contributed by atoms with Gasteiger partial charge in [-0.1, -0.05) is 26.2 Å². The van der Waals surface area contributed by atoms with E-state index in [0.717, 1.165) is 12.8 Å². The van der Waals surface area contributed by atoms with Crippen LogP contribution in [0.3, 0.4) is 0 Å². The summed E-state index contributed by atoms with van der Waals surface area (Å²) in [5.74, 6) is 1.13. The highest BCUT2D eigenvalue weighted by molar-refractivity contribution is 6.00. The zero-order chi connectivity index (χ0) is 18.3. The van der Waals surface area contributed by atoms with E-state index in [2.05, 4.69) is 18.6 Å². The highest BCUT2D eigenvalue weighted by Crippen LogP contribution is 2.31. The summed E-state index contributed by atoms with van der Waals surface area (Å²) < 4.78 is 10.1. The van der Waals surface area contributed by atoms with Crippen molar-refractivity contribution in [2.24, 2.45) is 5.41 Å². The molecule has 0 rings (SSSR count). The minimum atomic E-state index is -1.48. The Balaban J connectivity index is 5.04. The van der Waals surface area contributed by atoms with Crippen molar-refractivity contribution >= 4 is 11.9 Å². The molecule has 0 saturated heterocycles. The predicted octanol–water partition coefficient (Wildman–Crippen LogP) is 4.19. The molecule has 134 valence electrons. The number of rotatable bonds is 12. The van der Waals surface area contributed by atoms with E-state index in [1.54, 1.807) is 19.9 Å². The monoisotopic (exact) mass is 334 g/mol. The van der Waals surface area contributed by atoms with Gasteiger partial charge in [0.15, 0.2) is 5.41 Å². The Morgan fingerprint density at radius 3 is 2.12 bits per heavy atom. The zero-order valence-corrected chi connectivity index (χ0v) is 15.2. The summed E-state index contributed by atoms with van der Waals surface area (Å²) in [4.78, 5) is 24.7. The normalized spacial score (nSPS) is 10.2. The Labute approximate surface area is 146 Å². The van der Waals surface area contributed by atoms with Crippen LogP contribution in [0.4, 0.5) is 0 Å². The van der Waals surface area contributed by atoms with Crippen molar-refractivity contribution in [1.82, 2.24) is 0 Å². The van der Waals surface area contributed by atoms with Crippen LogP contribution < -0.4 is 0 Å². The number of allylic oxidation sites excluding steroid dienone is 1. The number of ether oxygens (including phenoxy) is 2. The van der Waals surface area contributed by atoms with Crippen molar-refractivity contribution in [3.8, 4) is 12.3 Å². The van der Waals surface area contributed by atoms with Crippen molar-refractivity contribution < 1.29 is 19.1 Å². The van der Waals surface area contributed by atoms with E-state index in [0.29, 0.717) is 0 Å². The summed E-state index contributed by atoms with van der Waals surface area (Å²) in [5.41, 5.74) is 1.55. The summed E-state index contributed by atoms with van der Waals surface area (Å²) in [6.45, 7) is 5.92. The molecule has 4 heteroatoms. The Bertz CT molecular complexity index is 460. The van der Waals surface area contributed by atoms with E-state index in [-0.39, 0.29) is 26.1 Å². The van der Waals surface area contributed by atoms with Gasteiger partial charge in [-0.3, -0.25) is 9.59 Å². The molecule has 4 nitrogen and oxygen atoms in total. The topological polar surface area (TPSA) is 52.6 Å². The second-order valence-corrected chi connectivity index (χ2v) is 5.53. The maximum absolute atomic E-state index is 12.3. The first kappa shape index (κ1) is 22.0. The molecule has 0 unspecified atom stereocenters. The lowest BCUT2D eigenvalue weighted by molar-refractivity contribution is -0.171. The lowest BCUT2D eigenvalue weighted by Gasteiger charge is -2.25. The van der Waals surface area contributed by atoms with E-state index in [1.807, 2.05) is 6.08 Å². The number of hydrogen-bond acceptors (Lipinski definition) is 4. The van der Waals surface area contributed by atoms with Crippen LogP contribution in [0.15, 0.2) is 17.9 Å². The largest absolute Gasteiger partial charge is 0.465 e. The molecular formula is C20H30O4. The molecule has 0 spiro atoms. The fraction of sp³-hybridized carbons (Fsp3) is 0.650. The molecular weight excluding hydrogens is 304 g/mol. The van der Waals surface area contributed by atoms with Crippen molar-refractivity contribution in [3.63, 3.8) is 0 Å². The van der Waals surface area contributed by atoms with Crippen LogP contribution >= 0.6 is 0 Å². The van der Waals surface area contributed by atoms with Gasteiger partial charge in [-0.15, -0.1) is 18.1 Å². The van der Waals surface area contributed by atoms with Crippen LogP contribution in [0.25, 0.3) is 0 Å². The van der Waals surface area contributed by atoms with E-state index < -0.39 is 17.4 Å². The van der Waals surface area contributed by atoms with Crippen LogP contribution in [-0.4, -0.2) is 25.2 Å². The molecule has 0 heterocycles. The summed E-state index contributed by atoms with van der Waals surface area (Å²) in [6, 6.07) is 0. The van der Waals surface area contributed by atoms with Gasteiger partial charge < -0.3 is 9.47 Å². The average molecular weight is 334 g/mol. The Hall–Kier alpha value is -1.98. The van der Waals surface area contributed by atoms with Gasteiger partial charge in [0.2, 0.25) is 0 Å². The van der Waals surface area contributed by atoms with Crippen molar-refractivity contribution in [1.29, 1.82) is 0 Å². The second-order valence-electron chi connectivity index (χ2n) is 5.53. The molecule has 0 aromatic heterocycles. The summed E-state index contributed by atoms with van der Waals surface area (Å²) in [5, 5.41) is 0. The number of carbonyl (C=O) groups is 2. The van der Waals surface area contributed by atoms with Crippen LogP contribution in [0.2, 0.25) is 0 Å². The summed E-state index contributed by atoms with van der Waals surface area (Å²) in [7, 11) is 0. The van der Waals surface area contributed by atoms with Gasteiger partial charge in [0.05, 0.1) is 13.2 Å². The third-order valence-corrected chi connectivity index (χ3v) is 3.62. The molecule has 24 heavy (non-hydrogen) atoms. The molecule has 0 fully saturated rings. The molecule has 0 saturated carbocycles. The first-order valence-corrected chi connectivity index (χ1v) is 8.76. The fourth-order valence-electron chi connectivity index (χ4n) is 2.25. The standard InChI is InChI=1S/C20H30O4/c1-5-9-10-11-12-13-14-15-17-20(16-6-2,18(21)23-7-3)19(22)24-8-4/h2,13,15H,5,7-12,16-17H2,1,3-4H3. The molecule has 0 aliphatic carbocycles. The molecule has 0 aliphatic heterocycles. The molecule has 0 aromatic rings. The van der Waals surface area contributed by atoms with E-state index in [9.17, 15) is 9.59 Å². The van der Waals surface area contributed by atoms with Gasteiger partial charge in [-0.05, 0) is 38.8 Å². The van der Waals surface area contributed by atoms with E-state index in [4.69, 9.17) is 15.9 Å². The van der Waals surface area contributed by atoms with Gasteiger partial charge >= 0.3 is 11.9 Å². The van der Waals surface area contributed by atoms with Crippen LogP contribution in [-0.2, 0) is 19.1 Å². The van der Waals surface area contributed by atoms with E-state index >= 15 is 0 Å². The smallest absolute Gasteiger partial charge is 0.324 e. The Kier molecular flexibility index (Phi) is 12.3. The Morgan fingerprint density at radius 1 is 1.00 bits per heavy atom. The third-order valence-electron chi connectivity index (χ3n) is 3.62. The van der Waals surface area contributed by atoms with Gasteiger partial charge in [0.25, 0.3) is 0 Å². The number of carbonyl (C=O) groups excluding carboxylic acids is 2. The van der Waals surface area contributed by atoms with Crippen molar-refractivity contribution in [2.45, 2.75) is 65.7 Å². The highest BCUT2D eigenvalue weighted by atomic mass is 16.6. The van der Waals surface area contributed by atoms with Crippen LogP contribution in [0.5, 0.6) is 0 Å². The predicted molar refractivity (Wildman–Crippen MR) is 95.2 cm³/mol. The third kappa shape index (κ3) is 7.53. The zero-order valence-electron chi connectivity index (χ0n) is 15.2. The lowest BCUT2D eigenvalue weighted by atomic mass is 9.81. The van der Waals surface area contributed by atoms with E-state index in [1.165, 1.54) is 19.3 Å². The minimum Gasteiger partial charge on any atom is -0.465 e. The maximum Gasteiger partial charge on any atom is 0.324 e. The first-order valence-electron chi connectivity index (χ1n) is 8.76. The maximum atomic E-state index is 12.3. The molecule has 0 amide bonds. The van der Waals surface area contributed by atoms with Crippen LogP contribution in [0.1, 0.15) is 65.7 Å². The van der Waals surface area contributed by atoms with Gasteiger partial charge in [-0.25, -0.2) is 0 Å². The van der Waals surface area contributed by atoms with Crippen molar-refractivity contribution in [3.05, 3.63) is 17.9 Å². The number of esters is 2. The molecule has 0 radical (unpaired) electrons. The Morgan fingerprint density at radius 2 is 1.62 bits per heavy atom.